The van der Waals surface area contributed by atoms with E-state index in [1.165, 1.54) is 18.4 Å². The summed E-state index contributed by atoms with van der Waals surface area (Å²) < 4.78 is 5.78. The van der Waals surface area contributed by atoms with Gasteiger partial charge in [0.25, 0.3) is 0 Å². The Hall–Kier alpha value is -1.25. The Kier molecular flexibility index (Phi) is 3.24. The summed E-state index contributed by atoms with van der Waals surface area (Å²) in [6.07, 6.45) is 8.11. The quantitative estimate of drug-likeness (QED) is 0.804. The van der Waals surface area contributed by atoms with E-state index in [1.807, 2.05) is 13.2 Å². The van der Waals surface area contributed by atoms with E-state index in [0.29, 0.717) is 23.7 Å². The van der Waals surface area contributed by atoms with Crippen molar-refractivity contribution in [3.05, 3.63) is 23.7 Å². The highest BCUT2D eigenvalue weighted by Gasteiger charge is 2.60. The Labute approximate surface area is 138 Å². The van der Waals surface area contributed by atoms with Crippen LogP contribution in [0.25, 0.3) is 0 Å². The van der Waals surface area contributed by atoms with E-state index in [9.17, 15) is 9.90 Å². The van der Waals surface area contributed by atoms with E-state index in [-0.39, 0.29) is 5.41 Å². The van der Waals surface area contributed by atoms with E-state index >= 15 is 0 Å². The van der Waals surface area contributed by atoms with Crippen molar-refractivity contribution in [2.75, 3.05) is 0 Å². The number of furan rings is 1. The second kappa shape index (κ2) is 4.87. The summed E-state index contributed by atoms with van der Waals surface area (Å²) >= 11 is 0. The maximum absolute atomic E-state index is 12.0. The summed E-state index contributed by atoms with van der Waals surface area (Å²) in [5, 5.41) is 9.91. The number of fused-ring (bicyclic) bond motifs is 4. The average Bonchev–Trinajstić information content (AvgIpc) is 2.96. The highest BCUT2D eigenvalue weighted by Crippen LogP contribution is 2.64. The number of hydrogen-bond donors (Lipinski definition) is 1. The first-order valence-corrected chi connectivity index (χ1v) is 9.17. The van der Waals surface area contributed by atoms with Crippen LogP contribution >= 0.6 is 0 Å². The fourth-order valence-electron chi connectivity index (χ4n) is 6.65. The van der Waals surface area contributed by atoms with Gasteiger partial charge in [-0.15, -0.1) is 0 Å². The first-order valence-electron chi connectivity index (χ1n) is 9.17. The van der Waals surface area contributed by atoms with Crippen molar-refractivity contribution < 1.29 is 14.3 Å². The minimum absolute atomic E-state index is 0.132. The molecule has 1 aromatic heterocycles. The molecule has 3 heteroatoms. The average molecular weight is 316 g/mol. The van der Waals surface area contributed by atoms with Gasteiger partial charge in [-0.3, -0.25) is 4.79 Å². The van der Waals surface area contributed by atoms with Gasteiger partial charge in [0.1, 0.15) is 5.76 Å². The molecule has 0 bridgehead atoms. The van der Waals surface area contributed by atoms with Crippen LogP contribution in [0.3, 0.4) is 0 Å². The van der Waals surface area contributed by atoms with E-state index in [2.05, 4.69) is 19.9 Å². The molecule has 2 saturated carbocycles. The van der Waals surface area contributed by atoms with Crippen LogP contribution in [0, 0.1) is 28.6 Å². The van der Waals surface area contributed by atoms with Crippen LogP contribution < -0.4 is 0 Å². The zero-order valence-electron chi connectivity index (χ0n) is 14.5. The second-order valence-electron chi connectivity index (χ2n) is 8.77. The maximum Gasteiger partial charge on any atom is 0.309 e. The lowest BCUT2D eigenvalue weighted by Crippen LogP contribution is -2.56. The van der Waals surface area contributed by atoms with E-state index in [0.717, 1.165) is 31.4 Å². The van der Waals surface area contributed by atoms with Crippen LogP contribution in [-0.4, -0.2) is 11.1 Å². The molecule has 4 rings (SSSR count). The molecule has 3 aliphatic carbocycles. The molecule has 2 fully saturated rings. The molecule has 0 radical (unpaired) electrons. The van der Waals surface area contributed by atoms with Crippen LogP contribution in [0.5, 0.6) is 0 Å². The number of aliphatic carboxylic acids is 1. The largest absolute Gasteiger partial charge is 0.481 e. The number of carboxylic acid groups (broad SMARTS) is 1. The highest BCUT2D eigenvalue weighted by atomic mass is 16.4. The Balaban J connectivity index is 1.75. The van der Waals surface area contributed by atoms with Crippen LogP contribution in [0.1, 0.15) is 70.1 Å². The molecule has 126 valence electrons. The fraction of sp³-hybridized carbons (Fsp3) is 0.750. The van der Waals surface area contributed by atoms with Crippen molar-refractivity contribution in [2.24, 2.45) is 28.6 Å². The van der Waals surface area contributed by atoms with Crippen molar-refractivity contribution in [2.45, 2.75) is 65.2 Å². The third-order valence-corrected chi connectivity index (χ3v) is 7.94. The molecule has 0 aliphatic heterocycles. The van der Waals surface area contributed by atoms with Gasteiger partial charge in [-0.25, -0.2) is 0 Å². The van der Waals surface area contributed by atoms with Gasteiger partial charge in [0, 0.05) is 6.42 Å². The minimum atomic E-state index is -0.588. The van der Waals surface area contributed by atoms with Crippen molar-refractivity contribution >= 4 is 5.97 Å². The van der Waals surface area contributed by atoms with E-state index in [1.54, 1.807) is 0 Å². The summed E-state index contributed by atoms with van der Waals surface area (Å²) in [5.41, 5.74) is 0.975. The number of carbonyl (C=O) groups is 1. The van der Waals surface area contributed by atoms with Gasteiger partial charge in [0.05, 0.1) is 11.7 Å². The topological polar surface area (TPSA) is 50.4 Å². The maximum atomic E-state index is 12.0. The summed E-state index contributed by atoms with van der Waals surface area (Å²) in [5.74, 6) is 2.65. The summed E-state index contributed by atoms with van der Waals surface area (Å²) in [6, 6.07) is 2.15. The predicted molar refractivity (Wildman–Crippen MR) is 88.2 cm³/mol. The standard InChI is InChI=1S/C20H28O3/c1-12-13-5-6-17-19(2,8-4-9-20(17,3)18(21)22)15(13)11-16-14(12)7-10-23-16/h7,10,12-13,15,17H,4-6,8-9,11H2,1-3H3,(H,21,22)/t12-,13-,15-,17-,19-,20+/m1/s1. The highest BCUT2D eigenvalue weighted by molar-refractivity contribution is 5.75. The lowest BCUT2D eigenvalue weighted by Gasteiger charge is -2.60. The molecule has 3 aliphatic rings. The molecule has 0 aromatic carbocycles. The van der Waals surface area contributed by atoms with Gasteiger partial charge < -0.3 is 9.52 Å². The van der Waals surface area contributed by atoms with E-state index < -0.39 is 11.4 Å². The van der Waals surface area contributed by atoms with Crippen molar-refractivity contribution in [3.63, 3.8) is 0 Å². The Bertz CT molecular complexity index is 633. The zero-order chi connectivity index (χ0) is 16.4. The molecular weight excluding hydrogens is 288 g/mol. The third-order valence-electron chi connectivity index (χ3n) is 7.94. The number of hydrogen-bond acceptors (Lipinski definition) is 2. The van der Waals surface area contributed by atoms with Crippen LogP contribution in [0.4, 0.5) is 0 Å². The smallest absolute Gasteiger partial charge is 0.309 e. The van der Waals surface area contributed by atoms with Gasteiger partial charge >= 0.3 is 5.97 Å². The van der Waals surface area contributed by atoms with Crippen molar-refractivity contribution in [1.29, 1.82) is 0 Å². The van der Waals surface area contributed by atoms with Gasteiger partial charge in [-0.1, -0.05) is 20.3 Å². The first-order chi connectivity index (χ1) is 10.9. The molecule has 0 spiro atoms. The minimum Gasteiger partial charge on any atom is -0.481 e. The Morgan fingerprint density at radius 2 is 2.09 bits per heavy atom. The van der Waals surface area contributed by atoms with Crippen LogP contribution in [-0.2, 0) is 11.2 Å². The molecular formula is C20H28O3. The molecule has 0 amide bonds. The van der Waals surface area contributed by atoms with E-state index in [4.69, 9.17) is 4.42 Å². The van der Waals surface area contributed by atoms with Crippen molar-refractivity contribution in [3.8, 4) is 0 Å². The van der Waals surface area contributed by atoms with Gasteiger partial charge in [0.2, 0.25) is 0 Å². The first kappa shape index (κ1) is 15.3. The zero-order valence-corrected chi connectivity index (χ0v) is 14.5. The third kappa shape index (κ3) is 1.91. The lowest BCUT2D eigenvalue weighted by molar-refractivity contribution is -0.171. The van der Waals surface area contributed by atoms with Crippen LogP contribution in [0.15, 0.2) is 16.7 Å². The SMILES string of the molecule is C[C@H]1c2ccoc2C[C@@H]2[C@@H]1CC[C@@H]1[C@]2(C)CCC[C@]1(C)C(=O)O. The molecule has 6 atom stereocenters. The molecule has 1 N–H and O–H groups in total. The fourth-order valence-corrected chi connectivity index (χ4v) is 6.65. The molecule has 23 heavy (non-hydrogen) atoms. The Morgan fingerprint density at radius 3 is 2.83 bits per heavy atom. The summed E-state index contributed by atoms with van der Waals surface area (Å²) in [6.45, 7) is 6.73. The second-order valence-corrected chi connectivity index (χ2v) is 8.77. The molecule has 3 nitrogen and oxygen atoms in total. The molecule has 0 unspecified atom stereocenters. The summed E-state index contributed by atoms with van der Waals surface area (Å²) in [7, 11) is 0. The lowest BCUT2D eigenvalue weighted by atomic mass is 9.43. The van der Waals surface area contributed by atoms with Crippen LogP contribution in [0.2, 0.25) is 0 Å². The molecule has 1 heterocycles. The van der Waals surface area contributed by atoms with Gasteiger partial charge in [-0.05, 0) is 73.3 Å². The number of carboxylic acids is 1. The van der Waals surface area contributed by atoms with Crippen molar-refractivity contribution in [1.82, 2.24) is 0 Å². The summed E-state index contributed by atoms with van der Waals surface area (Å²) in [4.78, 5) is 12.0. The molecule has 1 aromatic rings. The molecule has 0 saturated heterocycles. The van der Waals surface area contributed by atoms with Gasteiger partial charge in [-0.2, -0.15) is 0 Å². The number of rotatable bonds is 1. The predicted octanol–water partition coefficient (Wildman–Crippen LogP) is 4.86. The van der Waals surface area contributed by atoms with Gasteiger partial charge in [0.15, 0.2) is 0 Å². The normalized spacial score (nSPS) is 45.7. The Morgan fingerprint density at radius 1 is 1.30 bits per heavy atom. The monoisotopic (exact) mass is 316 g/mol.